The van der Waals surface area contributed by atoms with Crippen molar-refractivity contribution in [1.82, 2.24) is 15.1 Å². The second-order valence-electron chi connectivity index (χ2n) is 8.99. The zero-order chi connectivity index (χ0) is 22.5. The molecule has 0 radical (unpaired) electrons. The van der Waals surface area contributed by atoms with E-state index >= 15 is 0 Å². The average Bonchev–Trinajstić information content (AvgIpc) is 3.15. The fourth-order valence-electron chi connectivity index (χ4n) is 4.88. The monoisotopic (exact) mass is 442 g/mol. The van der Waals surface area contributed by atoms with E-state index in [0.29, 0.717) is 44.7 Å². The van der Waals surface area contributed by atoms with Crippen molar-refractivity contribution < 1.29 is 19.4 Å². The fourth-order valence-corrected chi connectivity index (χ4v) is 4.88. The maximum absolute atomic E-state index is 12.7. The van der Waals surface area contributed by atoms with Gasteiger partial charge in [-0.25, -0.2) is 4.99 Å². The number of hydrogen-bond donors (Lipinski definition) is 2. The lowest BCUT2D eigenvalue weighted by Gasteiger charge is -2.34. The van der Waals surface area contributed by atoms with E-state index in [2.05, 4.69) is 16.4 Å². The Balaban J connectivity index is 1.26. The molecule has 3 aliphatic rings. The van der Waals surface area contributed by atoms with Crippen LogP contribution in [0.5, 0.6) is 5.75 Å². The predicted octanol–water partition coefficient (Wildman–Crippen LogP) is 2.63. The Morgan fingerprint density at radius 2 is 2.06 bits per heavy atom. The smallest absolute Gasteiger partial charge is 0.246 e. The zero-order valence-electron chi connectivity index (χ0n) is 18.9. The minimum atomic E-state index is -0.0275. The highest BCUT2D eigenvalue weighted by Gasteiger charge is 2.29. The molecule has 2 N–H and O–H groups in total. The van der Waals surface area contributed by atoms with E-state index in [1.54, 1.807) is 0 Å². The van der Waals surface area contributed by atoms with Crippen molar-refractivity contribution in [2.75, 3.05) is 26.3 Å². The Hall–Kier alpha value is -2.61. The number of aliphatic hydroxyl groups excluding tert-OH is 1. The zero-order valence-corrected chi connectivity index (χ0v) is 18.9. The van der Waals surface area contributed by atoms with Gasteiger partial charge in [0.25, 0.3) is 0 Å². The number of rotatable bonds is 9. The van der Waals surface area contributed by atoms with Crippen LogP contribution in [-0.2, 0) is 16.1 Å². The minimum absolute atomic E-state index is 0.0224. The number of carbonyl (C=O) groups is 2. The number of aliphatic imine (C=N–C) groups is 1. The van der Waals surface area contributed by atoms with Crippen molar-refractivity contribution in [2.24, 2.45) is 4.99 Å². The van der Waals surface area contributed by atoms with Gasteiger partial charge in [-0.3, -0.25) is 14.9 Å². The van der Waals surface area contributed by atoms with Crippen LogP contribution in [0.4, 0.5) is 5.69 Å². The van der Waals surface area contributed by atoms with E-state index in [1.807, 2.05) is 22.8 Å². The highest BCUT2D eigenvalue weighted by Crippen LogP contribution is 2.33. The molecular formula is C24H34N4O4. The molecule has 0 aromatic heterocycles. The van der Waals surface area contributed by atoms with E-state index in [-0.39, 0.29) is 18.4 Å². The number of hydrogen-bond acceptors (Lipinski definition) is 6. The molecule has 1 aliphatic carbocycles. The number of aryl methyl sites for hydroxylation is 1. The third-order valence-electron chi connectivity index (χ3n) is 6.57. The molecule has 1 aromatic carbocycles. The molecular weight excluding hydrogens is 408 g/mol. The number of nitrogens with one attached hydrogen (secondary N) is 1. The number of fused-ring (bicyclic) bond motifs is 2. The van der Waals surface area contributed by atoms with Crippen LogP contribution < -0.4 is 10.1 Å². The standard InChI is InChI=1S/C24H34N4O4/c1-17-13-18-15-27-16-22(30)26-24(27)25-20(18)14-21(17)32-12-6-5-9-23(31)28(10-11-29)19-7-3-2-4-8-19/h13-14,19,29H,2-12,15-16H2,1H3,(H,25,26,30). The number of amides is 2. The van der Waals surface area contributed by atoms with Crippen molar-refractivity contribution in [3.05, 3.63) is 23.3 Å². The Labute approximate surface area is 189 Å². The van der Waals surface area contributed by atoms with Crippen molar-refractivity contribution in [3.63, 3.8) is 0 Å². The van der Waals surface area contributed by atoms with Gasteiger partial charge in [0.05, 0.1) is 18.9 Å². The maximum atomic E-state index is 12.7. The largest absolute Gasteiger partial charge is 0.493 e. The Kier molecular flexibility index (Phi) is 7.29. The Morgan fingerprint density at radius 1 is 1.25 bits per heavy atom. The molecule has 2 heterocycles. The van der Waals surface area contributed by atoms with Gasteiger partial charge in [0.1, 0.15) is 12.3 Å². The van der Waals surface area contributed by atoms with Gasteiger partial charge in [-0.05, 0) is 49.8 Å². The molecule has 0 unspecified atom stereocenters. The van der Waals surface area contributed by atoms with Gasteiger partial charge in [-0.1, -0.05) is 19.3 Å². The first-order valence-electron chi connectivity index (χ1n) is 11.9. The molecule has 1 saturated carbocycles. The van der Waals surface area contributed by atoms with Crippen LogP contribution in [0.15, 0.2) is 17.1 Å². The molecule has 1 aromatic rings. The number of unbranched alkanes of at least 4 members (excludes halogenated alkanes) is 1. The molecule has 1 saturated heterocycles. The van der Waals surface area contributed by atoms with E-state index in [9.17, 15) is 14.7 Å². The topological polar surface area (TPSA) is 94.5 Å². The van der Waals surface area contributed by atoms with E-state index in [1.165, 1.54) is 19.3 Å². The van der Waals surface area contributed by atoms with Crippen molar-refractivity contribution in [1.29, 1.82) is 0 Å². The molecule has 8 nitrogen and oxygen atoms in total. The molecule has 174 valence electrons. The van der Waals surface area contributed by atoms with Crippen molar-refractivity contribution in [3.8, 4) is 5.75 Å². The number of ether oxygens (including phenoxy) is 1. The Morgan fingerprint density at radius 3 is 2.84 bits per heavy atom. The summed E-state index contributed by atoms with van der Waals surface area (Å²) in [4.78, 5) is 32.7. The van der Waals surface area contributed by atoms with Gasteiger partial charge in [0.15, 0.2) is 0 Å². The van der Waals surface area contributed by atoms with Gasteiger partial charge in [-0.15, -0.1) is 0 Å². The molecule has 0 bridgehead atoms. The van der Waals surface area contributed by atoms with Crippen LogP contribution in [0.3, 0.4) is 0 Å². The normalized spacial score (nSPS) is 18.0. The quantitative estimate of drug-likeness (QED) is 0.574. The van der Waals surface area contributed by atoms with Crippen LogP contribution in [0, 0.1) is 6.92 Å². The minimum Gasteiger partial charge on any atom is -0.493 e. The second-order valence-corrected chi connectivity index (χ2v) is 8.99. The van der Waals surface area contributed by atoms with Crippen LogP contribution >= 0.6 is 0 Å². The number of guanidine groups is 1. The van der Waals surface area contributed by atoms with Crippen molar-refractivity contribution in [2.45, 2.75) is 70.9 Å². The van der Waals surface area contributed by atoms with Gasteiger partial charge in [0, 0.05) is 31.6 Å². The number of benzene rings is 1. The van der Waals surface area contributed by atoms with E-state index < -0.39 is 0 Å². The van der Waals surface area contributed by atoms with Crippen molar-refractivity contribution >= 4 is 23.5 Å². The highest BCUT2D eigenvalue weighted by atomic mass is 16.5. The molecule has 4 rings (SSSR count). The summed E-state index contributed by atoms with van der Waals surface area (Å²) in [5, 5.41) is 12.2. The molecule has 32 heavy (non-hydrogen) atoms. The van der Waals surface area contributed by atoms with Gasteiger partial charge >= 0.3 is 0 Å². The molecule has 8 heteroatoms. The van der Waals surface area contributed by atoms with Crippen LogP contribution in [0.2, 0.25) is 0 Å². The summed E-state index contributed by atoms with van der Waals surface area (Å²) < 4.78 is 6.01. The fraction of sp³-hybridized carbons (Fsp3) is 0.625. The van der Waals surface area contributed by atoms with Gasteiger partial charge in [-0.2, -0.15) is 0 Å². The highest BCUT2D eigenvalue weighted by molar-refractivity contribution is 6.05. The summed E-state index contributed by atoms with van der Waals surface area (Å²) in [6, 6.07) is 4.31. The number of aliphatic hydroxyl groups is 1. The van der Waals surface area contributed by atoms with Gasteiger partial charge in [0.2, 0.25) is 17.8 Å². The first-order valence-corrected chi connectivity index (χ1v) is 11.9. The van der Waals surface area contributed by atoms with Gasteiger partial charge < -0.3 is 19.6 Å². The SMILES string of the molecule is Cc1cc2c(cc1OCCCCC(=O)N(CCO)C1CCCCC1)N=C1NC(=O)CN1C2. The summed E-state index contributed by atoms with van der Waals surface area (Å²) in [5.74, 6) is 1.53. The molecule has 0 spiro atoms. The van der Waals surface area contributed by atoms with Crippen LogP contribution in [0.1, 0.15) is 62.5 Å². The van der Waals surface area contributed by atoms with Crippen LogP contribution in [-0.4, -0.2) is 65.0 Å². The lowest BCUT2D eigenvalue weighted by molar-refractivity contribution is -0.135. The third kappa shape index (κ3) is 5.23. The first-order chi connectivity index (χ1) is 15.5. The average molecular weight is 443 g/mol. The molecule has 0 atom stereocenters. The summed E-state index contributed by atoms with van der Waals surface area (Å²) in [7, 11) is 0. The predicted molar refractivity (Wildman–Crippen MR) is 122 cm³/mol. The third-order valence-corrected chi connectivity index (χ3v) is 6.57. The lowest BCUT2D eigenvalue weighted by atomic mass is 9.94. The number of nitrogens with zero attached hydrogens (tertiary/aromatic N) is 3. The first kappa shape index (κ1) is 22.6. The summed E-state index contributed by atoms with van der Waals surface area (Å²) >= 11 is 0. The van der Waals surface area contributed by atoms with E-state index in [4.69, 9.17) is 4.74 Å². The molecule has 2 amide bonds. The summed E-state index contributed by atoms with van der Waals surface area (Å²) in [5.41, 5.74) is 2.97. The maximum Gasteiger partial charge on any atom is 0.246 e. The summed E-state index contributed by atoms with van der Waals surface area (Å²) in [6.45, 7) is 4.04. The second kappa shape index (κ2) is 10.3. The summed E-state index contributed by atoms with van der Waals surface area (Å²) in [6.07, 6.45) is 7.74. The Bertz CT molecular complexity index is 879. The van der Waals surface area contributed by atoms with E-state index in [0.717, 1.165) is 48.2 Å². The lowest BCUT2D eigenvalue weighted by Crippen LogP contribution is -2.43. The molecule has 2 fully saturated rings. The van der Waals surface area contributed by atoms with Crippen LogP contribution in [0.25, 0.3) is 0 Å². The number of carbonyl (C=O) groups excluding carboxylic acids is 2. The molecule has 2 aliphatic heterocycles.